The Hall–Kier alpha value is -3.17. The number of aryl methyl sites for hydroxylation is 1. The second-order valence-corrected chi connectivity index (χ2v) is 11.3. The molecule has 0 aliphatic heterocycles. The molecule has 0 amide bonds. The second kappa shape index (κ2) is 7.68. The third kappa shape index (κ3) is 2.96. The quantitative estimate of drug-likeness (QED) is 0.377. The average Bonchev–Trinajstić information content (AvgIpc) is 3.42. The van der Waals surface area contributed by atoms with E-state index in [4.69, 9.17) is 11.1 Å². The van der Waals surface area contributed by atoms with Crippen LogP contribution in [0.15, 0.2) is 42.5 Å². The summed E-state index contributed by atoms with van der Waals surface area (Å²) in [5.41, 5.74) is 13.1. The van der Waals surface area contributed by atoms with Crippen molar-refractivity contribution >= 4 is 41.8 Å². The molecule has 0 heterocycles. The maximum absolute atomic E-state index is 12.5. The predicted molar refractivity (Wildman–Crippen MR) is 132 cm³/mol. The van der Waals surface area contributed by atoms with E-state index < -0.39 is 32.7 Å². The van der Waals surface area contributed by atoms with Crippen LogP contribution in [0.25, 0.3) is 5.57 Å². The number of hydrogen-bond donors (Lipinski definition) is 2. The lowest BCUT2D eigenvalue weighted by Crippen LogP contribution is -2.50. The van der Waals surface area contributed by atoms with E-state index in [0.717, 1.165) is 52.7 Å². The van der Waals surface area contributed by atoms with Gasteiger partial charge in [0.05, 0.1) is 21.8 Å². The molecule has 34 heavy (non-hydrogen) atoms. The first kappa shape index (κ1) is 21.4. The molecule has 0 radical (unpaired) electrons. The highest BCUT2D eigenvalue weighted by molar-refractivity contribution is 7.73. The van der Waals surface area contributed by atoms with Crippen molar-refractivity contribution in [3.63, 3.8) is 0 Å². The number of nitrogens with zero attached hydrogens (tertiary/aromatic N) is 1. The molecule has 4 aliphatic rings. The summed E-state index contributed by atoms with van der Waals surface area (Å²) in [4.78, 5) is 1.99. The van der Waals surface area contributed by atoms with E-state index in [1.54, 1.807) is 0 Å². The van der Waals surface area contributed by atoms with Crippen molar-refractivity contribution in [1.29, 1.82) is 5.41 Å². The van der Waals surface area contributed by atoms with Gasteiger partial charge in [-0.1, -0.05) is 42.5 Å². The van der Waals surface area contributed by atoms with Crippen molar-refractivity contribution in [2.45, 2.75) is 50.1 Å². The number of guanidine groups is 1. The third-order valence-electron chi connectivity index (χ3n) is 7.75. The fourth-order valence-corrected chi connectivity index (χ4v) is 7.96. The fraction of sp³-hybridized carbons (Fsp3) is 0.320. The molecule has 4 aliphatic carbocycles. The Morgan fingerprint density at radius 1 is 0.941 bits per heavy atom. The molecule has 0 aromatic heterocycles. The van der Waals surface area contributed by atoms with Crippen LogP contribution in [0, 0.1) is 5.41 Å². The molecular weight excluding hydrogens is 470 g/mol. The molecule has 0 saturated carbocycles. The van der Waals surface area contributed by atoms with E-state index >= 15 is 0 Å². The third-order valence-corrected chi connectivity index (χ3v) is 9.36. The SMILES string of the molecule is N=C(N)N(C1C(=S(=O)=O)CC2=CCc3cccc1c32)C1C(=S(=O)=O)CC2CCc3cccc1c32. The van der Waals surface area contributed by atoms with E-state index in [2.05, 4.69) is 12.1 Å². The van der Waals surface area contributed by atoms with Crippen LogP contribution in [-0.2, 0) is 33.4 Å². The van der Waals surface area contributed by atoms with Crippen molar-refractivity contribution in [1.82, 2.24) is 4.90 Å². The maximum Gasteiger partial charge on any atom is 0.216 e. The molecule has 9 heteroatoms. The van der Waals surface area contributed by atoms with Crippen molar-refractivity contribution in [3.8, 4) is 0 Å². The van der Waals surface area contributed by atoms with Gasteiger partial charge in [0.15, 0.2) is 5.96 Å². The van der Waals surface area contributed by atoms with Gasteiger partial charge < -0.3 is 10.6 Å². The summed E-state index contributed by atoms with van der Waals surface area (Å²) in [5.74, 6) is -0.235. The summed E-state index contributed by atoms with van der Waals surface area (Å²) in [5, 5.41) is 8.57. The van der Waals surface area contributed by atoms with E-state index in [1.807, 2.05) is 30.3 Å². The molecular formula is C25H23N3O4S2. The Morgan fingerprint density at radius 2 is 1.62 bits per heavy atom. The first-order valence-corrected chi connectivity index (χ1v) is 13.5. The standard InChI is InChI=1S/C25H23N3O4S2/c26-25(27)28(23-17-5-1-3-13-7-9-15(21(13)17)11-19(23)33(29)30)24-18-6-2-4-14-8-10-16(22(14)18)12-20(24)34(31)32/h1-6,9,16,23-24H,7-8,10-12H2,(H3,26,27). The highest BCUT2D eigenvalue weighted by Gasteiger charge is 2.46. The highest BCUT2D eigenvalue weighted by atomic mass is 32.2. The fourth-order valence-electron chi connectivity index (χ4n) is 6.50. The zero-order valence-electron chi connectivity index (χ0n) is 18.3. The molecule has 0 fully saturated rings. The van der Waals surface area contributed by atoms with Crippen molar-refractivity contribution in [3.05, 3.63) is 75.9 Å². The zero-order chi connectivity index (χ0) is 23.7. The molecule has 2 aromatic carbocycles. The Bertz CT molecular complexity index is 1590. The van der Waals surface area contributed by atoms with Crippen LogP contribution in [0.3, 0.4) is 0 Å². The van der Waals surface area contributed by atoms with Gasteiger partial charge >= 0.3 is 0 Å². The number of allylic oxidation sites excluding steroid dienone is 2. The Balaban J connectivity index is 1.65. The van der Waals surface area contributed by atoms with E-state index in [-0.39, 0.29) is 28.0 Å². The van der Waals surface area contributed by atoms with Crippen molar-refractivity contribution in [2.75, 3.05) is 0 Å². The van der Waals surface area contributed by atoms with Gasteiger partial charge in [-0.05, 0) is 70.6 Å². The first-order chi connectivity index (χ1) is 16.4. The first-order valence-electron chi connectivity index (χ1n) is 11.3. The lowest BCUT2D eigenvalue weighted by Gasteiger charge is -2.44. The number of rotatable bonds is 2. The summed E-state index contributed by atoms with van der Waals surface area (Å²) in [6, 6.07) is 10.00. The minimum atomic E-state index is -2.54. The Morgan fingerprint density at radius 3 is 2.32 bits per heavy atom. The highest BCUT2D eigenvalue weighted by Crippen LogP contribution is 2.50. The second-order valence-electron chi connectivity index (χ2n) is 9.35. The molecule has 0 spiro atoms. The number of nitrogens with two attached hydrogens (primary N) is 1. The number of nitrogens with one attached hydrogen (secondary N) is 1. The monoisotopic (exact) mass is 493 g/mol. The molecule has 3 unspecified atom stereocenters. The van der Waals surface area contributed by atoms with Crippen LogP contribution >= 0.6 is 0 Å². The molecule has 2 aromatic rings. The lowest BCUT2D eigenvalue weighted by molar-refractivity contribution is 0.331. The van der Waals surface area contributed by atoms with Gasteiger partial charge in [0.25, 0.3) is 0 Å². The van der Waals surface area contributed by atoms with E-state index in [1.165, 1.54) is 10.5 Å². The van der Waals surface area contributed by atoms with Gasteiger partial charge in [-0.25, -0.2) is 0 Å². The minimum absolute atomic E-state index is 0.114. The smallest absolute Gasteiger partial charge is 0.216 e. The summed E-state index contributed by atoms with van der Waals surface area (Å²) in [6.45, 7) is 0. The van der Waals surface area contributed by atoms with Gasteiger partial charge in [-0.15, -0.1) is 0 Å². The van der Waals surface area contributed by atoms with Crippen molar-refractivity contribution < 1.29 is 16.8 Å². The van der Waals surface area contributed by atoms with Crippen LogP contribution in [0.2, 0.25) is 0 Å². The van der Waals surface area contributed by atoms with Crippen molar-refractivity contribution in [2.24, 2.45) is 5.73 Å². The molecule has 6 rings (SSSR count). The van der Waals surface area contributed by atoms with Gasteiger partial charge in [0.1, 0.15) is 0 Å². The van der Waals surface area contributed by atoms with Gasteiger partial charge in [-0.2, -0.15) is 16.8 Å². The zero-order valence-corrected chi connectivity index (χ0v) is 19.9. The average molecular weight is 494 g/mol. The van der Waals surface area contributed by atoms with Crippen LogP contribution in [-0.4, -0.2) is 37.4 Å². The summed E-state index contributed by atoms with van der Waals surface area (Å²) in [7, 11) is -5.05. The van der Waals surface area contributed by atoms with E-state index in [0.29, 0.717) is 6.42 Å². The normalized spacial score (nSPS) is 23.8. The van der Waals surface area contributed by atoms with E-state index in [9.17, 15) is 16.8 Å². The molecule has 174 valence electrons. The molecule has 7 nitrogen and oxygen atoms in total. The minimum Gasteiger partial charge on any atom is -0.370 e. The van der Waals surface area contributed by atoms with Gasteiger partial charge in [-0.3, -0.25) is 5.41 Å². The van der Waals surface area contributed by atoms with Gasteiger partial charge in [0, 0.05) is 6.42 Å². The predicted octanol–water partition coefficient (Wildman–Crippen LogP) is 2.54. The Labute approximate surface area is 200 Å². The molecule has 0 saturated heterocycles. The molecule has 3 atom stereocenters. The maximum atomic E-state index is 12.5. The van der Waals surface area contributed by atoms with Crippen LogP contribution in [0.5, 0.6) is 0 Å². The topological polar surface area (TPSA) is 121 Å². The summed E-state index contributed by atoms with van der Waals surface area (Å²) < 4.78 is 50.1. The lowest BCUT2D eigenvalue weighted by atomic mass is 9.77. The summed E-state index contributed by atoms with van der Waals surface area (Å²) in [6.07, 6.45) is 5.12. The van der Waals surface area contributed by atoms with Crippen LogP contribution < -0.4 is 5.73 Å². The Kier molecular flexibility index (Phi) is 4.82. The van der Waals surface area contributed by atoms with Crippen LogP contribution in [0.4, 0.5) is 0 Å². The largest absolute Gasteiger partial charge is 0.370 e. The van der Waals surface area contributed by atoms with Gasteiger partial charge in [0.2, 0.25) is 20.6 Å². The molecule has 0 bridgehead atoms. The summed E-state index contributed by atoms with van der Waals surface area (Å²) >= 11 is 0. The molecule has 3 N–H and O–H groups in total. The number of hydrogen-bond acceptors (Lipinski definition) is 5. The number of benzene rings is 2. The van der Waals surface area contributed by atoms with Crippen LogP contribution in [0.1, 0.15) is 70.6 Å².